The van der Waals surface area contributed by atoms with Gasteiger partial charge in [0, 0.05) is 5.39 Å². The Balaban J connectivity index is 1.82. The van der Waals surface area contributed by atoms with E-state index in [4.69, 9.17) is 27.9 Å². The molecular weight excluding hydrogens is 553 g/mol. The smallest absolute Gasteiger partial charge is 0.296 e. The Morgan fingerprint density at radius 1 is 1.05 bits per heavy atom. The van der Waals surface area contributed by atoms with Crippen LogP contribution in [0.1, 0.15) is 22.8 Å². The number of azo groups is 1. The van der Waals surface area contributed by atoms with Crippen LogP contribution in [0.4, 0.5) is 17.1 Å². The minimum absolute atomic E-state index is 0.0170. The first kappa shape index (κ1) is 27.3. The molecule has 9 nitrogen and oxygen atoms in total. The van der Waals surface area contributed by atoms with Gasteiger partial charge in [-0.05, 0) is 47.7 Å². The van der Waals surface area contributed by atoms with Crippen LogP contribution in [0, 0.1) is 0 Å². The zero-order chi connectivity index (χ0) is 27.6. The molecule has 1 amide bonds. The number of nitrogens with one attached hydrogen (secondary N) is 1. The molecule has 4 aromatic rings. The van der Waals surface area contributed by atoms with E-state index in [1.807, 2.05) is 0 Å². The average molecular weight is 574 g/mol. The molecule has 0 fully saturated rings. The quantitative estimate of drug-likeness (QED) is 0.156. The number of carbonyl (C=O) groups is 1. The molecule has 0 atom stereocenters. The number of ether oxygens (including phenoxy) is 1. The highest BCUT2D eigenvalue weighted by Gasteiger charge is 2.22. The van der Waals surface area contributed by atoms with Gasteiger partial charge < -0.3 is 15.2 Å². The van der Waals surface area contributed by atoms with Gasteiger partial charge in [-0.2, -0.15) is 13.5 Å². The van der Waals surface area contributed by atoms with Crippen LogP contribution in [-0.4, -0.2) is 31.1 Å². The van der Waals surface area contributed by atoms with Gasteiger partial charge in [0.1, 0.15) is 10.6 Å². The summed E-state index contributed by atoms with van der Waals surface area (Å²) in [4.78, 5) is 12.8. The van der Waals surface area contributed by atoms with Crippen molar-refractivity contribution in [3.05, 3.63) is 81.8 Å². The number of rotatable bonds is 7. The van der Waals surface area contributed by atoms with Crippen molar-refractivity contribution >= 4 is 67.1 Å². The van der Waals surface area contributed by atoms with E-state index in [0.29, 0.717) is 27.0 Å². The van der Waals surface area contributed by atoms with Crippen LogP contribution in [0.25, 0.3) is 10.8 Å². The van der Waals surface area contributed by atoms with E-state index in [1.54, 1.807) is 49.4 Å². The van der Waals surface area contributed by atoms with Crippen molar-refractivity contribution in [3.63, 3.8) is 0 Å². The maximum absolute atomic E-state index is 13.2. The number of aromatic hydroxyl groups is 1. The molecule has 0 saturated heterocycles. The van der Waals surface area contributed by atoms with E-state index in [-0.39, 0.29) is 34.1 Å². The molecule has 0 bridgehead atoms. The summed E-state index contributed by atoms with van der Waals surface area (Å²) < 4.78 is 38.0. The number of para-hydroxylation sites is 1. The number of methoxy groups -OCH3 is 1. The fourth-order valence-corrected chi connectivity index (χ4v) is 5.35. The van der Waals surface area contributed by atoms with Gasteiger partial charge in [-0.15, -0.1) is 5.11 Å². The Morgan fingerprint density at radius 2 is 1.79 bits per heavy atom. The molecule has 0 aromatic heterocycles. The Kier molecular flexibility index (Phi) is 7.89. The van der Waals surface area contributed by atoms with Crippen LogP contribution < -0.4 is 10.1 Å². The summed E-state index contributed by atoms with van der Waals surface area (Å²) in [5, 5.41) is 23.5. The van der Waals surface area contributed by atoms with Crippen molar-refractivity contribution in [1.29, 1.82) is 0 Å². The average Bonchev–Trinajstić information content (AvgIpc) is 2.87. The predicted molar refractivity (Wildman–Crippen MR) is 146 cm³/mol. The number of benzene rings is 4. The highest BCUT2D eigenvalue weighted by Crippen LogP contribution is 2.41. The zero-order valence-corrected chi connectivity index (χ0v) is 22.4. The van der Waals surface area contributed by atoms with E-state index in [2.05, 4.69) is 15.5 Å². The van der Waals surface area contributed by atoms with Crippen LogP contribution in [0.2, 0.25) is 10.0 Å². The summed E-state index contributed by atoms with van der Waals surface area (Å²) in [5.74, 6) is -0.801. The van der Waals surface area contributed by atoms with Crippen LogP contribution in [0.3, 0.4) is 0 Å². The number of phenolic OH excluding ortho intramolecular Hbond substituents is 1. The van der Waals surface area contributed by atoms with Crippen molar-refractivity contribution in [2.24, 2.45) is 10.2 Å². The van der Waals surface area contributed by atoms with Crippen LogP contribution in [0.5, 0.6) is 11.5 Å². The number of hydrogen-bond donors (Lipinski definition) is 3. The second kappa shape index (κ2) is 11.0. The first-order chi connectivity index (χ1) is 18.1. The summed E-state index contributed by atoms with van der Waals surface area (Å²) in [7, 11) is -3.12. The van der Waals surface area contributed by atoms with Crippen molar-refractivity contribution in [1.82, 2.24) is 0 Å². The van der Waals surface area contributed by atoms with Gasteiger partial charge in [-0.25, -0.2) is 0 Å². The van der Waals surface area contributed by atoms with Gasteiger partial charge in [0.25, 0.3) is 16.0 Å². The van der Waals surface area contributed by atoms with E-state index >= 15 is 0 Å². The second-order valence-electron chi connectivity index (χ2n) is 8.02. The Labute approximate surface area is 228 Å². The predicted octanol–water partition coefficient (Wildman–Crippen LogP) is 7.34. The molecule has 12 heteroatoms. The molecule has 0 saturated carbocycles. The third-order valence-electron chi connectivity index (χ3n) is 5.73. The Hall–Kier alpha value is -3.70. The molecule has 0 aliphatic carbocycles. The van der Waals surface area contributed by atoms with Crippen molar-refractivity contribution in [2.45, 2.75) is 18.2 Å². The molecular formula is C26H21Cl2N3O6S. The summed E-state index contributed by atoms with van der Waals surface area (Å²) in [6.45, 7) is 1.73. The molecule has 38 heavy (non-hydrogen) atoms. The molecule has 196 valence electrons. The highest BCUT2D eigenvalue weighted by molar-refractivity contribution is 7.86. The molecule has 4 rings (SSSR count). The number of nitrogens with zero attached hydrogens (tertiary/aromatic N) is 2. The third-order valence-corrected chi connectivity index (χ3v) is 7.47. The second-order valence-corrected chi connectivity index (χ2v) is 10.2. The molecule has 4 aromatic carbocycles. The first-order valence-electron chi connectivity index (χ1n) is 11.2. The Morgan fingerprint density at radius 3 is 2.47 bits per heavy atom. The zero-order valence-electron chi connectivity index (χ0n) is 20.1. The standard InChI is InChI=1S/C26H21Cl2N3O6S/c1-3-15-19(11-12-21(22(15)28)38(34,35)36)30-31-23-16-8-5-4-7-14(16)13-17(24(23)32)26(33)29-20-10-6-9-18(27)25(20)37-2/h4-13,32H,3H2,1-2H3,(H,29,33)(H,34,35,36). The highest BCUT2D eigenvalue weighted by atomic mass is 35.5. The number of phenols is 1. The number of amides is 1. The van der Waals surface area contributed by atoms with Crippen LogP contribution in [-0.2, 0) is 16.5 Å². The SMILES string of the molecule is CCc1c(N=Nc2c(O)c(C(=O)Nc3cccc(Cl)c3OC)cc3ccccc23)ccc(S(=O)(=O)O)c1Cl. The lowest BCUT2D eigenvalue weighted by Gasteiger charge is -2.14. The summed E-state index contributed by atoms with van der Waals surface area (Å²) in [6, 6.07) is 15.8. The van der Waals surface area contributed by atoms with Gasteiger partial charge in [0.2, 0.25) is 0 Å². The molecule has 3 N–H and O–H groups in total. The fourth-order valence-electron chi connectivity index (χ4n) is 3.92. The Bertz CT molecular complexity index is 1710. The van der Waals surface area contributed by atoms with Gasteiger partial charge in [0.05, 0.1) is 34.1 Å². The minimum Gasteiger partial charge on any atom is -0.505 e. The fraction of sp³-hybridized carbons (Fsp3) is 0.115. The minimum atomic E-state index is -4.54. The normalized spacial score (nSPS) is 11.7. The van der Waals surface area contributed by atoms with Gasteiger partial charge >= 0.3 is 0 Å². The molecule has 0 aliphatic heterocycles. The van der Waals surface area contributed by atoms with E-state index in [1.165, 1.54) is 19.2 Å². The molecule has 0 radical (unpaired) electrons. The van der Waals surface area contributed by atoms with Crippen LogP contribution >= 0.6 is 23.2 Å². The molecule has 0 unspecified atom stereocenters. The van der Waals surface area contributed by atoms with Crippen molar-refractivity contribution < 1.29 is 27.6 Å². The van der Waals surface area contributed by atoms with Crippen molar-refractivity contribution in [3.8, 4) is 11.5 Å². The lowest BCUT2D eigenvalue weighted by atomic mass is 10.0. The van der Waals surface area contributed by atoms with Gasteiger partial charge in [0.15, 0.2) is 11.5 Å². The first-order valence-corrected chi connectivity index (χ1v) is 13.4. The number of fused-ring (bicyclic) bond motifs is 1. The van der Waals surface area contributed by atoms with Crippen molar-refractivity contribution in [2.75, 3.05) is 12.4 Å². The monoisotopic (exact) mass is 573 g/mol. The number of anilines is 1. The van der Waals surface area contributed by atoms with Gasteiger partial charge in [-0.3, -0.25) is 9.35 Å². The van der Waals surface area contributed by atoms with E-state index in [0.717, 1.165) is 6.07 Å². The molecule has 0 spiro atoms. The summed E-state index contributed by atoms with van der Waals surface area (Å²) in [6.07, 6.45) is 0.285. The topological polar surface area (TPSA) is 138 Å². The number of halogens is 2. The third kappa shape index (κ3) is 5.30. The molecule has 0 aliphatic rings. The van der Waals surface area contributed by atoms with Gasteiger partial charge in [-0.1, -0.05) is 60.5 Å². The maximum Gasteiger partial charge on any atom is 0.296 e. The molecule has 0 heterocycles. The lowest BCUT2D eigenvalue weighted by molar-refractivity contribution is 0.102. The van der Waals surface area contributed by atoms with E-state index in [9.17, 15) is 22.9 Å². The lowest BCUT2D eigenvalue weighted by Crippen LogP contribution is -2.13. The number of carbonyl (C=O) groups excluding carboxylic acids is 1. The maximum atomic E-state index is 13.2. The van der Waals surface area contributed by atoms with E-state index < -0.39 is 26.7 Å². The summed E-state index contributed by atoms with van der Waals surface area (Å²) in [5.41, 5.74) is 0.809. The summed E-state index contributed by atoms with van der Waals surface area (Å²) >= 11 is 12.4. The number of hydrogen-bond acceptors (Lipinski definition) is 7. The largest absolute Gasteiger partial charge is 0.505 e. The van der Waals surface area contributed by atoms with Crippen LogP contribution in [0.15, 0.2) is 75.8 Å².